The molecule has 0 spiro atoms. The minimum atomic E-state index is 0.477. The molecule has 18 heavy (non-hydrogen) atoms. The lowest BCUT2D eigenvalue weighted by Gasteiger charge is -2.08. The van der Waals surface area contributed by atoms with Gasteiger partial charge in [-0.15, -0.1) is 0 Å². The van der Waals surface area contributed by atoms with E-state index in [2.05, 4.69) is 46.1 Å². The molecule has 1 atom stereocenters. The zero-order chi connectivity index (χ0) is 12.8. The molecule has 0 aliphatic heterocycles. The van der Waals surface area contributed by atoms with Gasteiger partial charge < -0.3 is 9.88 Å². The van der Waals surface area contributed by atoms with Crippen LogP contribution >= 0.6 is 0 Å². The maximum atomic E-state index is 4.55. The van der Waals surface area contributed by atoms with E-state index in [0.29, 0.717) is 6.04 Å². The molecule has 5 heteroatoms. The molecule has 0 fully saturated rings. The molecule has 0 aromatic carbocycles. The van der Waals surface area contributed by atoms with Gasteiger partial charge >= 0.3 is 0 Å². The van der Waals surface area contributed by atoms with E-state index in [1.165, 1.54) is 0 Å². The lowest BCUT2D eigenvalue weighted by Crippen LogP contribution is -2.19. The summed E-state index contributed by atoms with van der Waals surface area (Å²) in [4.78, 5) is 4.01. The summed E-state index contributed by atoms with van der Waals surface area (Å²) >= 11 is 0. The van der Waals surface area contributed by atoms with E-state index in [4.69, 9.17) is 0 Å². The predicted molar refractivity (Wildman–Crippen MR) is 71.2 cm³/mol. The quantitative estimate of drug-likeness (QED) is 0.759. The molecule has 0 saturated heterocycles. The van der Waals surface area contributed by atoms with E-state index in [1.54, 1.807) is 6.20 Å². The van der Waals surface area contributed by atoms with Crippen molar-refractivity contribution >= 4 is 0 Å². The minimum absolute atomic E-state index is 0.477. The summed E-state index contributed by atoms with van der Waals surface area (Å²) < 4.78 is 4.09. The van der Waals surface area contributed by atoms with E-state index in [-0.39, 0.29) is 0 Å². The fourth-order valence-electron chi connectivity index (χ4n) is 1.75. The Bertz CT molecular complexity index is 446. The van der Waals surface area contributed by atoms with Crippen LogP contribution in [0.25, 0.3) is 0 Å². The average molecular weight is 247 g/mol. The van der Waals surface area contributed by atoms with Gasteiger partial charge in [-0.1, -0.05) is 6.92 Å². The van der Waals surface area contributed by atoms with Gasteiger partial charge in [-0.25, -0.2) is 4.98 Å². The molecule has 0 radical (unpaired) electrons. The Morgan fingerprint density at radius 3 is 3.00 bits per heavy atom. The number of imidazole rings is 1. The van der Waals surface area contributed by atoms with Crippen molar-refractivity contribution in [3.63, 3.8) is 0 Å². The van der Waals surface area contributed by atoms with Gasteiger partial charge in [0.05, 0.1) is 12.0 Å². The van der Waals surface area contributed by atoms with Crippen LogP contribution in [-0.4, -0.2) is 25.9 Å². The zero-order valence-corrected chi connectivity index (χ0v) is 11.1. The molecular weight excluding hydrogens is 226 g/mol. The number of hydrogen-bond acceptors (Lipinski definition) is 3. The molecule has 1 N–H and O–H groups in total. The molecule has 98 valence electrons. The highest BCUT2D eigenvalue weighted by Crippen LogP contribution is 2.08. The number of rotatable bonds is 7. The highest BCUT2D eigenvalue weighted by Gasteiger charge is 2.03. The van der Waals surface area contributed by atoms with Crippen LogP contribution < -0.4 is 5.32 Å². The molecule has 1 unspecified atom stereocenters. The standard InChI is InChI=1S/C13H21N5/c1-3-12(2)18-7-4-13(16-18)10-14-5-8-17-9-6-15-11-17/h4,6-7,9,11-12,14H,3,5,8,10H2,1-2H3. The van der Waals surface area contributed by atoms with E-state index in [0.717, 1.165) is 31.7 Å². The largest absolute Gasteiger partial charge is 0.336 e. The fourth-order valence-corrected chi connectivity index (χ4v) is 1.75. The normalized spacial score (nSPS) is 12.8. The Labute approximate surface area is 108 Å². The van der Waals surface area contributed by atoms with Gasteiger partial charge in [-0.2, -0.15) is 5.10 Å². The van der Waals surface area contributed by atoms with Gasteiger partial charge in [0.15, 0.2) is 0 Å². The molecule has 0 amide bonds. The Morgan fingerprint density at radius 2 is 2.28 bits per heavy atom. The van der Waals surface area contributed by atoms with Crippen LogP contribution in [0.3, 0.4) is 0 Å². The molecule has 0 aliphatic rings. The molecule has 0 bridgehead atoms. The molecule has 5 nitrogen and oxygen atoms in total. The molecule has 2 rings (SSSR count). The SMILES string of the molecule is CCC(C)n1ccc(CNCCn2ccnc2)n1. The molecular formula is C13H21N5. The van der Waals surface area contributed by atoms with Crippen LogP contribution in [-0.2, 0) is 13.1 Å². The van der Waals surface area contributed by atoms with Crippen LogP contribution in [0, 0.1) is 0 Å². The Balaban J connectivity index is 1.71. The maximum Gasteiger partial charge on any atom is 0.0946 e. The van der Waals surface area contributed by atoms with Crippen LogP contribution in [0.4, 0.5) is 0 Å². The van der Waals surface area contributed by atoms with E-state index < -0.39 is 0 Å². The molecule has 2 aromatic heterocycles. The Morgan fingerprint density at radius 1 is 1.39 bits per heavy atom. The third-order valence-corrected chi connectivity index (χ3v) is 3.12. The van der Waals surface area contributed by atoms with Crippen molar-refractivity contribution in [1.82, 2.24) is 24.6 Å². The van der Waals surface area contributed by atoms with Crippen molar-refractivity contribution in [3.8, 4) is 0 Å². The van der Waals surface area contributed by atoms with Gasteiger partial charge in [0, 0.05) is 44.3 Å². The lowest BCUT2D eigenvalue weighted by atomic mass is 10.3. The first-order chi connectivity index (χ1) is 8.79. The van der Waals surface area contributed by atoms with Crippen LogP contribution in [0.5, 0.6) is 0 Å². The molecule has 2 heterocycles. The topological polar surface area (TPSA) is 47.7 Å². The van der Waals surface area contributed by atoms with Crippen molar-refractivity contribution in [1.29, 1.82) is 0 Å². The van der Waals surface area contributed by atoms with Gasteiger partial charge in [0.1, 0.15) is 0 Å². The van der Waals surface area contributed by atoms with Gasteiger partial charge in [0.2, 0.25) is 0 Å². The third-order valence-electron chi connectivity index (χ3n) is 3.12. The first-order valence-corrected chi connectivity index (χ1v) is 6.50. The highest BCUT2D eigenvalue weighted by molar-refractivity contribution is 4.99. The van der Waals surface area contributed by atoms with Crippen LogP contribution in [0.15, 0.2) is 31.0 Å². The third kappa shape index (κ3) is 3.43. The van der Waals surface area contributed by atoms with E-state index in [1.807, 2.05) is 17.2 Å². The summed E-state index contributed by atoms with van der Waals surface area (Å²) in [6.45, 7) is 7.04. The van der Waals surface area contributed by atoms with Crippen LogP contribution in [0.1, 0.15) is 32.0 Å². The summed E-state index contributed by atoms with van der Waals surface area (Å²) in [7, 11) is 0. The first kappa shape index (κ1) is 12.8. The molecule has 2 aromatic rings. The summed E-state index contributed by atoms with van der Waals surface area (Å²) in [6.07, 6.45) is 8.77. The maximum absolute atomic E-state index is 4.55. The summed E-state index contributed by atoms with van der Waals surface area (Å²) in [5, 5.41) is 7.94. The van der Waals surface area contributed by atoms with E-state index in [9.17, 15) is 0 Å². The number of nitrogens with zero attached hydrogens (tertiary/aromatic N) is 4. The monoisotopic (exact) mass is 247 g/mol. The second kappa shape index (κ2) is 6.35. The number of aromatic nitrogens is 4. The summed E-state index contributed by atoms with van der Waals surface area (Å²) in [6, 6.07) is 2.56. The Hall–Kier alpha value is -1.62. The predicted octanol–water partition coefficient (Wildman–Crippen LogP) is 1.84. The lowest BCUT2D eigenvalue weighted by molar-refractivity contribution is 0.470. The van der Waals surface area contributed by atoms with Gasteiger partial charge in [0.25, 0.3) is 0 Å². The molecule has 0 saturated carbocycles. The number of nitrogens with one attached hydrogen (secondary N) is 1. The highest BCUT2D eigenvalue weighted by atomic mass is 15.3. The summed E-state index contributed by atoms with van der Waals surface area (Å²) in [5.74, 6) is 0. The average Bonchev–Trinajstić information content (AvgIpc) is 3.05. The van der Waals surface area contributed by atoms with Crippen molar-refractivity contribution in [2.45, 2.75) is 39.4 Å². The van der Waals surface area contributed by atoms with Gasteiger partial charge in [-0.05, 0) is 19.4 Å². The Kier molecular flexibility index (Phi) is 4.52. The van der Waals surface area contributed by atoms with Crippen molar-refractivity contribution in [2.75, 3.05) is 6.54 Å². The zero-order valence-electron chi connectivity index (χ0n) is 11.1. The molecule has 0 aliphatic carbocycles. The first-order valence-electron chi connectivity index (χ1n) is 6.50. The van der Waals surface area contributed by atoms with Crippen molar-refractivity contribution < 1.29 is 0 Å². The smallest absolute Gasteiger partial charge is 0.0946 e. The minimum Gasteiger partial charge on any atom is -0.336 e. The second-order valence-electron chi connectivity index (χ2n) is 4.52. The fraction of sp³-hybridized carbons (Fsp3) is 0.538. The second-order valence-corrected chi connectivity index (χ2v) is 4.52. The van der Waals surface area contributed by atoms with Crippen molar-refractivity contribution in [3.05, 3.63) is 36.7 Å². The van der Waals surface area contributed by atoms with Crippen LogP contribution in [0.2, 0.25) is 0 Å². The van der Waals surface area contributed by atoms with Gasteiger partial charge in [-0.3, -0.25) is 4.68 Å². The summed E-state index contributed by atoms with van der Waals surface area (Å²) in [5.41, 5.74) is 1.10. The van der Waals surface area contributed by atoms with E-state index >= 15 is 0 Å². The number of hydrogen-bond donors (Lipinski definition) is 1. The van der Waals surface area contributed by atoms with Crippen molar-refractivity contribution in [2.24, 2.45) is 0 Å².